The maximum absolute atomic E-state index is 12.3. The summed E-state index contributed by atoms with van der Waals surface area (Å²) in [4.78, 5) is 16.5. The van der Waals surface area contributed by atoms with Crippen molar-refractivity contribution in [3.63, 3.8) is 0 Å². The number of benzene rings is 2. The minimum atomic E-state index is -0.641. The maximum Gasteiger partial charge on any atom is 0.345 e. The van der Waals surface area contributed by atoms with Gasteiger partial charge in [-0.05, 0) is 24.3 Å². The van der Waals surface area contributed by atoms with Crippen molar-refractivity contribution in [2.75, 3.05) is 0 Å². The van der Waals surface area contributed by atoms with Crippen LogP contribution in [0.4, 0.5) is 0 Å². The first-order valence-corrected chi connectivity index (χ1v) is 7.07. The summed E-state index contributed by atoms with van der Waals surface area (Å²) in [6.07, 6.45) is 0. The number of aromatic hydroxyl groups is 1. The number of fused-ring (bicyclic) bond motifs is 1. The number of rotatable bonds is 2. The van der Waals surface area contributed by atoms with E-state index in [1.165, 1.54) is 12.1 Å². The molecule has 0 saturated carbocycles. The van der Waals surface area contributed by atoms with Crippen LogP contribution < -0.4 is 4.74 Å². The van der Waals surface area contributed by atoms with Crippen molar-refractivity contribution in [1.82, 2.24) is 4.98 Å². The molecule has 0 unspecified atom stereocenters. The fourth-order valence-corrected chi connectivity index (χ4v) is 2.31. The van der Waals surface area contributed by atoms with E-state index in [2.05, 4.69) is 4.98 Å². The van der Waals surface area contributed by atoms with Gasteiger partial charge >= 0.3 is 5.97 Å². The molecule has 22 heavy (non-hydrogen) atoms. The Balaban J connectivity index is 2.04. The van der Waals surface area contributed by atoms with Gasteiger partial charge < -0.3 is 9.84 Å². The lowest BCUT2D eigenvalue weighted by Crippen LogP contribution is -2.09. The van der Waals surface area contributed by atoms with Crippen LogP contribution in [-0.4, -0.2) is 16.1 Å². The second-order valence-corrected chi connectivity index (χ2v) is 5.26. The number of pyridine rings is 1. The number of aromatic nitrogens is 1. The molecule has 0 atom stereocenters. The normalized spacial score (nSPS) is 10.6. The lowest BCUT2D eigenvalue weighted by Gasteiger charge is -2.08. The molecule has 0 spiro atoms. The van der Waals surface area contributed by atoms with E-state index in [-0.39, 0.29) is 22.2 Å². The van der Waals surface area contributed by atoms with Gasteiger partial charge in [-0.25, -0.2) is 9.78 Å². The van der Waals surface area contributed by atoms with Gasteiger partial charge in [0.05, 0.1) is 16.1 Å². The van der Waals surface area contributed by atoms with Crippen molar-refractivity contribution in [3.8, 4) is 11.5 Å². The fourth-order valence-electron chi connectivity index (χ4n) is 2.01. The number of nitrogens with zero attached hydrogens (tertiary/aromatic N) is 1. The van der Waals surface area contributed by atoms with Gasteiger partial charge in [0.15, 0.2) is 11.5 Å². The second-order valence-electron chi connectivity index (χ2n) is 4.50. The van der Waals surface area contributed by atoms with Gasteiger partial charge in [-0.15, -0.1) is 0 Å². The number of hydrogen-bond acceptors (Lipinski definition) is 4. The zero-order valence-corrected chi connectivity index (χ0v) is 12.6. The molecule has 0 fully saturated rings. The monoisotopic (exact) mass is 333 g/mol. The van der Waals surface area contributed by atoms with Crippen LogP contribution in [-0.2, 0) is 0 Å². The SMILES string of the molecule is O=C(Oc1ccccc1O)c1cccc2cc(Cl)c(Cl)nc12. The highest BCUT2D eigenvalue weighted by atomic mass is 35.5. The maximum atomic E-state index is 12.3. The molecule has 2 aromatic carbocycles. The molecule has 0 aliphatic carbocycles. The average molecular weight is 334 g/mol. The molecule has 0 radical (unpaired) electrons. The predicted molar refractivity (Wildman–Crippen MR) is 84.8 cm³/mol. The van der Waals surface area contributed by atoms with E-state index in [4.69, 9.17) is 27.9 Å². The average Bonchev–Trinajstić information content (AvgIpc) is 2.50. The van der Waals surface area contributed by atoms with Crippen molar-refractivity contribution < 1.29 is 14.6 Å². The van der Waals surface area contributed by atoms with Gasteiger partial charge in [-0.3, -0.25) is 0 Å². The molecule has 1 aromatic heterocycles. The first kappa shape index (κ1) is 14.6. The fraction of sp³-hybridized carbons (Fsp3) is 0. The zero-order valence-electron chi connectivity index (χ0n) is 11.1. The van der Waals surface area contributed by atoms with Gasteiger partial charge in [0.2, 0.25) is 0 Å². The number of halogens is 2. The number of esters is 1. The zero-order chi connectivity index (χ0) is 15.7. The lowest BCUT2D eigenvalue weighted by molar-refractivity contribution is 0.0731. The van der Waals surface area contributed by atoms with Crippen LogP contribution in [0.3, 0.4) is 0 Å². The Morgan fingerprint density at radius 1 is 1.09 bits per heavy atom. The van der Waals surface area contributed by atoms with Gasteiger partial charge in [0, 0.05) is 5.39 Å². The van der Waals surface area contributed by atoms with Crippen LogP contribution in [0.15, 0.2) is 48.5 Å². The number of carbonyl (C=O) groups is 1. The molecule has 0 bridgehead atoms. The molecular formula is C16H9Cl2NO3. The van der Waals surface area contributed by atoms with Crippen molar-refractivity contribution in [2.24, 2.45) is 0 Å². The van der Waals surface area contributed by atoms with Gasteiger partial charge in [0.1, 0.15) is 5.15 Å². The van der Waals surface area contributed by atoms with E-state index in [1.807, 2.05) is 0 Å². The number of phenolic OH excluding ortho intramolecular Hbond substituents is 1. The summed E-state index contributed by atoms with van der Waals surface area (Å²) in [5.74, 6) is -0.687. The number of carbonyl (C=O) groups excluding carboxylic acids is 1. The van der Waals surface area contributed by atoms with Crippen LogP contribution in [0.1, 0.15) is 10.4 Å². The van der Waals surface area contributed by atoms with Gasteiger partial charge in [-0.1, -0.05) is 47.5 Å². The summed E-state index contributed by atoms with van der Waals surface area (Å²) >= 11 is 11.8. The highest BCUT2D eigenvalue weighted by Gasteiger charge is 2.16. The summed E-state index contributed by atoms with van der Waals surface area (Å²) in [7, 11) is 0. The number of phenols is 1. The third kappa shape index (κ3) is 2.71. The Labute approximate surface area is 135 Å². The van der Waals surface area contributed by atoms with E-state index in [0.29, 0.717) is 15.9 Å². The molecule has 110 valence electrons. The molecule has 3 rings (SSSR count). The Bertz CT molecular complexity index is 880. The lowest BCUT2D eigenvalue weighted by atomic mass is 10.1. The van der Waals surface area contributed by atoms with Gasteiger partial charge in [-0.2, -0.15) is 0 Å². The molecule has 0 saturated heterocycles. The standard InChI is InChI=1S/C16H9Cl2NO3/c17-11-8-9-4-3-5-10(14(9)19-15(11)18)16(21)22-13-7-2-1-6-12(13)20/h1-8,20H. The summed E-state index contributed by atoms with van der Waals surface area (Å²) in [5.41, 5.74) is 0.622. The van der Waals surface area contributed by atoms with Crippen LogP contribution >= 0.6 is 23.2 Å². The predicted octanol–water partition coefficient (Wildman–Crippen LogP) is 4.47. The largest absolute Gasteiger partial charge is 0.504 e. The molecule has 3 aromatic rings. The number of para-hydroxylation sites is 3. The Morgan fingerprint density at radius 3 is 2.64 bits per heavy atom. The quantitative estimate of drug-likeness (QED) is 0.427. The van der Waals surface area contributed by atoms with E-state index in [1.54, 1.807) is 36.4 Å². The molecular weight excluding hydrogens is 325 g/mol. The molecule has 1 N–H and O–H groups in total. The van der Waals surface area contributed by atoms with E-state index >= 15 is 0 Å². The Kier molecular flexibility index (Phi) is 3.88. The molecule has 6 heteroatoms. The van der Waals surface area contributed by atoms with E-state index < -0.39 is 5.97 Å². The summed E-state index contributed by atoms with van der Waals surface area (Å²) in [6, 6.07) is 12.9. The number of hydrogen-bond donors (Lipinski definition) is 1. The van der Waals surface area contributed by atoms with E-state index in [9.17, 15) is 9.90 Å². The molecule has 0 amide bonds. The van der Waals surface area contributed by atoms with Gasteiger partial charge in [0.25, 0.3) is 0 Å². The van der Waals surface area contributed by atoms with Crippen LogP contribution in [0.25, 0.3) is 10.9 Å². The topological polar surface area (TPSA) is 59.4 Å². The first-order valence-electron chi connectivity index (χ1n) is 6.31. The highest BCUT2D eigenvalue weighted by Crippen LogP contribution is 2.29. The minimum absolute atomic E-state index is 0.0737. The van der Waals surface area contributed by atoms with Crippen molar-refractivity contribution in [3.05, 3.63) is 64.3 Å². The molecule has 4 nitrogen and oxygen atoms in total. The molecule has 1 heterocycles. The molecule has 0 aliphatic heterocycles. The summed E-state index contributed by atoms with van der Waals surface area (Å²) in [6.45, 7) is 0. The Hall–Kier alpha value is -2.30. The van der Waals surface area contributed by atoms with Crippen LogP contribution in [0, 0.1) is 0 Å². The van der Waals surface area contributed by atoms with Crippen molar-refractivity contribution in [2.45, 2.75) is 0 Å². The third-order valence-corrected chi connectivity index (χ3v) is 3.72. The summed E-state index contributed by atoms with van der Waals surface area (Å²) in [5, 5.41) is 10.8. The minimum Gasteiger partial charge on any atom is -0.504 e. The van der Waals surface area contributed by atoms with Crippen LogP contribution in [0.5, 0.6) is 11.5 Å². The Morgan fingerprint density at radius 2 is 1.86 bits per heavy atom. The number of ether oxygens (including phenoxy) is 1. The van der Waals surface area contributed by atoms with Crippen molar-refractivity contribution >= 4 is 40.1 Å². The van der Waals surface area contributed by atoms with E-state index in [0.717, 1.165) is 0 Å². The third-order valence-electron chi connectivity index (χ3n) is 3.04. The smallest absolute Gasteiger partial charge is 0.345 e. The molecule has 0 aliphatic rings. The second kappa shape index (κ2) is 5.83. The summed E-state index contributed by atoms with van der Waals surface area (Å²) < 4.78 is 5.20. The van der Waals surface area contributed by atoms with Crippen molar-refractivity contribution in [1.29, 1.82) is 0 Å². The van der Waals surface area contributed by atoms with Crippen LogP contribution in [0.2, 0.25) is 10.2 Å². The highest BCUT2D eigenvalue weighted by molar-refractivity contribution is 6.41. The first-order chi connectivity index (χ1) is 10.6.